The third-order valence-corrected chi connectivity index (χ3v) is 3.75. The second kappa shape index (κ2) is 6.30. The lowest BCUT2D eigenvalue weighted by atomic mass is 10.2. The van der Waals surface area contributed by atoms with Gasteiger partial charge in [0.15, 0.2) is 0 Å². The van der Waals surface area contributed by atoms with Gasteiger partial charge in [-0.2, -0.15) is 11.8 Å². The van der Waals surface area contributed by atoms with Crippen LogP contribution in [0.5, 0.6) is 0 Å². The maximum absolute atomic E-state index is 10.9. The number of rotatable bonds is 4. The van der Waals surface area contributed by atoms with Gasteiger partial charge in [0.25, 0.3) is 0 Å². The summed E-state index contributed by atoms with van der Waals surface area (Å²) < 4.78 is 4.60. The van der Waals surface area contributed by atoms with Crippen LogP contribution in [0.1, 0.15) is 19.8 Å². The lowest BCUT2D eigenvalue weighted by Gasteiger charge is -2.32. The quantitative estimate of drug-likeness (QED) is 0.665. The molecule has 0 aromatic heterocycles. The molecule has 1 aliphatic rings. The Labute approximate surface area is 90.2 Å². The standard InChI is InChI=1S/C10H19NO2S/c1-9-8-14-7-6-11(9)5-3-4-10(12)13-2/h9H,3-8H2,1-2H3. The van der Waals surface area contributed by atoms with Crippen LogP contribution in [0, 0.1) is 0 Å². The van der Waals surface area contributed by atoms with Gasteiger partial charge in [0.2, 0.25) is 0 Å². The molecule has 1 saturated heterocycles. The van der Waals surface area contributed by atoms with Crippen molar-refractivity contribution in [2.75, 3.05) is 31.7 Å². The van der Waals surface area contributed by atoms with E-state index in [4.69, 9.17) is 0 Å². The van der Waals surface area contributed by atoms with E-state index in [1.54, 1.807) is 0 Å². The Hall–Kier alpha value is -0.220. The molecule has 0 bridgehead atoms. The summed E-state index contributed by atoms with van der Waals surface area (Å²) in [5, 5.41) is 0. The highest BCUT2D eigenvalue weighted by molar-refractivity contribution is 7.99. The Morgan fingerprint density at radius 3 is 3.07 bits per heavy atom. The smallest absolute Gasteiger partial charge is 0.305 e. The molecule has 1 rings (SSSR count). The third kappa shape index (κ3) is 3.88. The van der Waals surface area contributed by atoms with E-state index < -0.39 is 0 Å². The molecule has 0 aliphatic carbocycles. The van der Waals surface area contributed by atoms with Crippen molar-refractivity contribution < 1.29 is 9.53 Å². The molecular formula is C10H19NO2S. The largest absolute Gasteiger partial charge is 0.469 e. The van der Waals surface area contributed by atoms with Gasteiger partial charge in [0, 0.05) is 30.5 Å². The molecule has 1 heterocycles. The molecule has 82 valence electrons. The van der Waals surface area contributed by atoms with Crippen molar-refractivity contribution in [3.8, 4) is 0 Å². The molecule has 0 amide bonds. The number of carbonyl (C=O) groups excluding carboxylic acids is 1. The fraction of sp³-hybridized carbons (Fsp3) is 0.900. The SMILES string of the molecule is COC(=O)CCCN1CCSCC1C. The minimum atomic E-state index is -0.0935. The summed E-state index contributed by atoms with van der Waals surface area (Å²) in [5.41, 5.74) is 0. The molecule has 3 nitrogen and oxygen atoms in total. The molecule has 1 fully saturated rings. The lowest BCUT2D eigenvalue weighted by molar-refractivity contribution is -0.140. The van der Waals surface area contributed by atoms with E-state index in [9.17, 15) is 4.79 Å². The predicted octanol–water partition coefficient (Wildman–Crippen LogP) is 1.38. The van der Waals surface area contributed by atoms with Gasteiger partial charge < -0.3 is 4.74 Å². The summed E-state index contributed by atoms with van der Waals surface area (Å²) in [4.78, 5) is 13.3. The van der Waals surface area contributed by atoms with E-state index in [1.807, 2.05) is 11.8 Å². The van der Waals surface area contributed by atoms with Gasteiger partial charge in [-0.15, -0.1) is 0 Å². The van der Waals surface area contributed by atoms with Gasteiger partial charge in [-0.1, -0.05) is 0 Å². The zero-order valence-electron chi connectivity index (χ0n) is 8.99. The maximum atomic E-state index is 10.9. The first-order valence-corrected chi connectivity index (χ1v) is 6.28. The zero-order valence-corrected chi connectivity index (χ0v) is 9.81. The number of carbonyl (C=O) groups is 1. The van der Waals surface area contributed by atoms with Crippen LogP contribution in [0.4, 0.5) is 0 Å². The summed E-state index contributed by atoms with van der Waals surface area (Å²) in [6.45, 7) is 4.44. The van der Waals surface area contributed by atoms with E-state index in [2.05, 4.69) is 16.6 Å². The monoisotopic (exact) mass is 217 g/mol. The molecule has 0 radical (unpaired) electrons. The van der Waals surface area contributed by atoms with Crippen LogP contribution >= 0.6 is 11.8 Å². The number of nitrogens with zero attached hydrogens (tertiary/aromatic N) is 1. The maximum Gasteiger partial charge on any atom is 0.305 e. The molecule has 0 saturated carbocycles. The molecule has 0 aromatic rings. The Morgan fingerprint density at radius 2 is 2.43 bits per heavy atom. The fourth-order valence-electron chi connectivity index (χ4n) is 1.62. The molecule has 0 aromatic carbocycles. The molecule has 14 heavy (non-hydrogen) atoms. The summed E-state index contributed by atoms with van der Waals surface area (Å²) in [6, 6.07) is 0.659. The lowest BCUT2D eigenvalue weighted by Crippen LogP contribution is -2.40. The normalized spacial score (nSPS) is 23.4. The average molecular weight is 217 g/mol. The number of thioether (sulfide) groups is 1. The average Bonchev–Trinajstić information content (AvgIpc) is 2.20. The van der Waals surface area contributed by atoms with E-state index in [-0.39, 0.29) is 5.97 Å². The van der Waals surface area contributed by atoms with Gasteiger partial charge in [0.05, 0.1) is 7.11 Å². The first-order valence-electron chi connectivity index (χ1n) is 5.12. The van der Waals surface area contributed by atoms with E-state index in [1.165, 1.54) is 18.6 Å². The van der Waals surface area contributed by atoms with Crippen molar-refractivity contribution in [1.29, 1.82) is 0 Å². The summed E-state index contributed by atoms with van der Waals surface area (Å²) in [7, 11) is 1.45. The minimum Gasteiger partial charge on any atom is -0.469 e. The van der Waals surface area contributed by atoms with Crippen molar-refractivity contribution in [3.63, 3.8) is 0 Å². The van der Waals surface area contributed by atoms with Crippen LogP contribution in [-0.4, -0.2) is 48.6 Å². The molecule has 1 unspecified atom stereocenters. The van der Waals surface area contributed by atoms with Gasteiger partial charge in [-0.25, -0.2) is 0 Å². The van der Waals surface area contributed by atoms with Crippen molar-refractivity contribution in [2.45, 2.75) is 25.8 Å². The zero-order chi connectivity index (χ0) is 10.4. The first-order chi connectivity index (χ1) is 6.74. The molecule has 4 heteroatoms. The van der Waals surface area contributed by atoms with Crippen molar-refractivity contribution in [2.24, 2.45) is 0 Å². The van der Waals surface area contributed by atoms with Crippen LogP contribution in [0.15, 0.2) is 0 Å². The Morgan fingerprint density at radius 1 is 1.64 bits per heavy atom. The highest BCUT2D eigenvalue weighted by atomic mass is 32.2. The minimum absolute atomic E-state index is 0.0935. The summed E-state index contributed by atoms with van der Waals surface area (Å²) in [6.07, 6.45) is 1.47. The van der Waals surface area contributed by atoms with E-state index >= 15 is 0 Å². The van der Waals surface area contributed by atoms with E-state index in [0.29, 0.717) is 12.5 Å². The topological polar surface area (TPSA) is 29.5 Å². The van der Waals surface area contributed by atoms with Gasteiger partial charge in [0.1, 0.15) is 0 Å². The third-order valence-electron chi connectivity index (χ3n) is 2.56. The fourth-order valence-corrected chi connectivity index (χ4v) is 2.70. The molecule has 1 aliphatic heterocycles. The molecule has 1 atom stereocenters. The highest BCUT2D eigenvalue weighted by Crippen LogP contribution is 2.16. The van der Waals surface area contributed by atoms with Gasteiger partial charge in [-0.3, -0.25) is 9.69 Å². The van der Waals surface area contributed by atoms with Gasteiger partial charge >= 0.3 is 5.97 Å². The summed E-state index contributed by atoms with van der Waals surface area (Å²) in [5.74, 6) is 2.35. The number of ether oxygens (including phenoxy) is 1. The first kappa shape index (κ1) is 11.9. The van der Waals surface area contributed by atoms with Crippen LogP contribution in [0.25, 0.3) is 0 Å². The number of hydrogen-bond acceptors (Lipinski definition) is 4. The van der Waals surface area contributed by atoms with Gasteiger partial charge in [-0.05, 0) is 19.9 Å². The summed E-state index contributed by atoms with van der Waals surface area (Å²) >= 11 is 2.02. The number of methoxy groups -OCH3 is 1. The Kier molecular flexibility index (Phi) is 5.33. The second-order valence-corrected chi connectivity index (χ2v) is 4.79. The van der Waals surface area contributed by atoms with Crippen molar-refractivity contribution in [1.82, 2.24) is 4.90 Å². The molecule has 0 spiro atoms. The van der Waals surface area contributed by atoms with Crippen LogP contribution < -0.4 is 0 Å². The Balaban J connectivity index is 2.13. The van der Waals surface area contributed by atoms with Crippen molar-refractivity contribution in [3.05, 3.63) is 0 Å². The van der Waals surface area contributed by atoms with E-state index in [0.717, 1.165) is 19.5 Å². The van der Waals surface area contributed by atoms with Crippen LogP contribution in [0.2, 0.25) is 0 Å². The van der Waals surface area contributed by atoms with Crippen LogP contribution in [0.3, 0.4) is 0 Å². The number of hydrogen-bond donors (Lipinski definition) is 0. The Bertz CT molecular complexity index is 187. The second-order valence-electron chi connectivity index (χ2n) is 3.64. The van der Waals surface area contributed by atoms with Crippen molar-refractivity contribution >= 4 is 17.7 Å². The molecular weight excluding hydrogens is 198 g/mol. The van der Waals surface area contributed by atoms with Crippen LogP contribution in [-0.2, 0) is 9.53 Å². The molecule has 0 N–H and O–H groups in total. The predicted molar refractivity (Wildman–Crippen MR) is 59.6 cm³/mol. The highest BCUT2D eigenvalue weighted by Gasteiger charge is 2.17. The number of esters is 1.